The van der Waals surface area contributed by atoms with E-state index in [-0.39, 0.29) is 17.1 Å². The monoisotopic (exact) mass is 447 g/mol. The lowest BCUT2D eigenvalue weighted by molar-refractivity contribution is -0.139. The van der Waals surface area contributed by atoms with E-state index in [9.17, 15) is 26.7 Å². The normalized spacial score (nSPS) is 11.7. The van der Waals surface area contributed by atoms with Crippen molar-refractivity contribution in [3.63, 3.8) is 0 Å². The van der Waals surface area contributed by atoms with E-state index < -0.39 is 35.1 Å². The lowest BCUT2D eigenvalue weighted by atomic mass is 10.00. The van der Waals surface area contributed by atoms with E-state index in [1.807, 2.05) is 0 Å². The number of amides is 2. The van der Waals surface area contributed by atoms with Gasteiger partial charge in [-0.25, -0.2) is 13.6 Å². The first-order valence-corrected chi connectivity index (χ1v) is 9.07. The Morgan fingerprint density at radius 1 is 1.00 bits per heavy atom. The number of alkyl halides is 3. The zero-order chi connectivity index (χ0) is 23.2. The van der Waals surface area contributed by atoms with Crippen molar-refractivity contribution < 1.29 is 26.7 Å². The summed E-state index contributed by atoms with van der Waals surface area (Å²) in [7, 11) is 0. The topological polar surface area (TPSA) is 101 Å². The van der Waals surface area contributed by atoms with Crippen molar-refractivity contribution >= 4 is 34.1 Å². The first-order valence-electron chi connectivity index (χ1n) is 9.07. The van der Waals surface area contributed by atoms with Crippen LogP contribution in [0.15, 0.2) is 54.6 Å². The molecule has 164 valence electrons. The lowest BCUT2D eigenvalue weighted by Gasteiger charge is -2.23. The molecule has 0 spiro atoms. The van der Waals surface area contributed by atoms with Gasteiger partial charge in [-0.05, 0) is 42.0 Å². The number of fused-ring (bicyclic) bond motifs is 1. The van der Waals surface area contributed by atoms with Crippen LogP contribution in [-0.4, -0.2) is 16.2 Å². The van der Waals surface area contributed by atoms with Gasteiger partial charge in [0.2, 0.25) is 0 Å². The minimum atomic E-state index is -4.96. The maximum atomic E-state index is 14.6. The number of anilines is 3. The van der Waals surface area contributed by atoms with E-state index in [0.717, 1.165) is 12.1 Å². The van der Waals surface area contributed by atoms with Gasteiger partial charge in [-0.1, -0.05) is 18.2 Å². The average molecular weight is 447 g/mol. The zero-order valence-electron chi connectivity index (χ0n) is 16.0. The van der Waals surface area contributed by atoms with Gasteiger partial charge in [0.1, 0.15) is 5.82 Å². The highest BCUT2D eigenvalue weighted by atomic mass is 19.4. The maximum absolute atomic E-state index is 14.6. The van der Waals surface area contributed by atoms with Crippen LogP contribution < -0.4 is 16.4 Å². The van der Waals surface area contributed by atoms with E-state index in [2.05, 4.69) is 10.2 Å². The molecular weight excluding hydrogens is 433 g/mol. The Bertz CT molecular complexity index is 1330. The number of urea groups is 1. The number of aromatic nitrogens is 2. The van der Waals surface area contributed by atoms with Crippen LogP contribution in [0.2, 0.25) is 0 Å². The Morgan fingerprint density at radius 3 is 2.31 bits per heavy atom. The molecule has 5 N–H and O–H groups in total. The standard InChI is InChI=1S/C21H14F5N5O/c22-13-8-9-14-17(19(27)30-29-14)16(13)10-4-6-11(7-5-10)31(20(28)32)15-3-1-2-12(18(15)23)21(24,25)26/h1-9H,(H2,28,32)(H3,27,29,30). The molecule has 0 atom stereocenters. The molecule has 0 saturated carbocycles. The molecule has 0 saturated heterocycles. The number of halogens is 5. The van der Waals surface area contributed by atoms with Gasteiger partial charge in [0.15, 0.2) is 11.6 Å². The van der Waals surface area contributed by atoms with Gasteiger partial charge in [0.25, 0.3) is 0 Å². The van der Waals surface area contributed by atoms with Crippen molar-refractivity contribution in [2.24, 2.45) is 5.73 Å². The van der Waals surface area contributed by atoms with E-state index >= 15 is 0 Å². The van der Waals surface area contributed by atoms with Gasteiger partial charge in [-0.2, -0.15) is 18.3 Å². The Balaban J connectivity index is 1.81. The minimum Gasteiger partial charge on any atom is -0.382 e. The third kappa shape index (κ3) is 3.47. The van der Waals surface area contributed by atoms with E-state index in [0.29, 0.717) is 27.4 Å². The first-order chi connectivity index (χ1) is 15.1. The summed E-state index contributed by atoms with van der Waals surface area (Å²) >= 11 is 0. The molecule has 1 aromatic heterocycles. The predicted molar refractivity (Wildman–Crippen MR) is 109 cm³/mol. The Hall–Kier alpha value is -4.15. The SMILES string of the molecule is NC(=O)N(c1ccc(-c2c(F)ccc3[nH]nc(N)c23)cc1)c1cccc(C(F)(F)F)c1F. The molecule has 0 unspecified atom stereocenters. The van der Waals surface area contributed by atoms with E-state index in [1.54, 1.807) is 0 Å². The number of H-pyrrole nitrogens is 1. The molecular formula is C21H14F5N5O. The fourth-order valence-electron chi connectivity index (χ4n) is 3.47. The number of nitrogen functional groups attached to an aromatic ring is 1. The zero-order valence-corrected chi connectivity index (χ0v) is 16.0. The summed E-state index contributed by atoms with van der Waals surface area (Å²) in [6.07, 6.45) is -4.96. The summed E-state index contributed by atoms with van der Waals surface area (Å²) in [5, 5.41) is 6.86. The van der Waals surface area contributed by atoms with Crippen LogP contribution in [0.3, 0.4) is 0 Å². The van der Waals surface area contributed by atoms with Gasteiger partial charge in [0.05, 0.1) is 27.8 Å². The number of benzene rings is 3. The van der Waals surface area contributed by atoms with Crippen LogP contribution in [0.4, 0.5) is 43.9 Å². The Kier molecular flexibility index (Phi) is 4.96. The van der Waals surface area contributed by atoms with Crippen LogP contribution >= 0.6 is 0 Å². The first kappa shape index (κ1) is 21.1. The summed E-state index contributed by atoms with van der Waals surface area (Å²) in [5.41, 5.74) is 9.90. The van der Waals surface area contributed by atoms with E-state index in [1.165, 1.54) is 36.4 Å². The number of nitrogens with two attached hydrogens (primary N) is 2. The van der Waals surface area contributed by atoms with Crippen molar-refractivity contribution in [3.8, 4) is 11.1 Å². The summed E-state index contributed by atoms with van der Waals surface area (Å²) in [4.78, 5) is 12.6. The highest BCUT2D eigenvalue weighted by Crippen LogP contribution is 2.38. The number of aromatic amines is 1. The molecule has 1 heterocycles. The van der Waals surface area contributed by atoms with Crippen molar-refractivity contribution in [2.45, 2.75) is 6.18 Å². The van der Waals surface area contributed by atoms with Crippen LogP contribution in [0.1, 0.15) is 5.56 Å². The molecule has 11 heteroatoms. The molecule has 2 amide bonds. The second-order valence-electron chi connectivity index (χ2n) is 6.81. The molecule has 0 bridgehead atoms. The molecule has 3 aromatic carbocycles. The molecule has 0 aliphatic heterocycles. The second kappa shape index (κ2) is 7.52. The van der Waals surface area contributed by atoms with Crippen molar-refractivity contribution in [3.05, 3.63) is 71.8 Å². The number of primary amides is 1. The maximum Gasteiger partial charge on any atom is 0.419 e. The molecule has 4 aromatic rings. The Labute approximate surface area is 177 Å². The van der Waals surface area contributed by atoms with Crippen LogP contribution in [0, 0.1) is 11.6 Å². The number of nitrogens with one attached hydrogen (secondary N) is 1. The molecule has 4 rings (SSSR count). The second-order valence-corrected chi connectivity index (χ2v) is 6.81. The van der Waals surface area contributed by atoms with Crippen LogP contribution in [0.25, 0.3) is 22.0 Å². The van der Waals surface area contributed by atoms with Crippen molar-refractivity contribution in [2.75, 3.05) is 10.6 Å². The highest BCUT2D eigenvalue weighted by molar-refractivity contribution is 6.03. The summed E-state index contributed by atoms with van der Waals surface area (Å²) in [6, 6.07) is 9.40. The quantitative estimate of drug-likeness (QED) is 0.370. The fraction of sp³-hybridized carbons (Fsp3) is 0.0476. The van der Waals surface area contributed by atoms with Gasteiger partial charge in [-0.3, -0.25) is 10.00 Å². The Morgan fingerprint density at radius 2 is 1.69 bits per heavy atom. The molecule has 32 heavy (non-hydrogen) atoms. The third-order valence-electron chi connectivity index (χ3n) is 4.87. The van der Waals surface area contributed by atoms with Crippen molar-refractivity contribution in [1.29, 1.82) is 0 Å². The number of nitrogens with zero attached hydrogens (tertiary/aromatic N) is 2. The molecule has 0 aliphatic carbocycles. The van der Waals surface area contributed by atoms with E-state index in [4.69, 9.17) is 11.5 Å². The average Bonchev–Trinajstić information content (AvgIpc) is 3.10. The van der Waals surface area contributed by atoms with Gasteiger partial charge < -0.3 is 11.5 Å². The fourth-order valence-corrected chi connectivity index (χ4v) is 3.47. The van der Waals surface area contributed by atoms with Gasteiger partial charge in [0, 0.05) is 5.56 Å². The predicted octanol–water partition coefficient (Wildman–Crippen LogP) is 5.33. The van der Waals surface area contributed by atoms with Gasteiger partial charge in [-0.15, -0.1) is 0 Å². The third-order valence-corrected chi connectivity index (χ3v) is 4.87. The number of carbonyl (C=O) groups is 1. The summed E-state index contributed by atoms with van der Waals surface area (Å²) in [6.45, 7) is 0. The molecule has 0 fully saturated rings. The van der Waals surface area contributed by atoms with Crippen LogP contribution in [-0.2, 0) is 6.18 Å². The molecule has 0 radical (unpaired) electrons. The number of hydrogen-bond acceptors (Lipinski definition) is 3. The number of hydrogen-bond donors (Lipinski definition) is 3. The highest BCUT2D eigenvalue weighted by Gasteiger charge is 2.36. The molecule has 0 aliphatic rings. The largest absolute Gasteiger partial charge is 0.419 e. The minimum absolute atomic E-state index is 0.0211. The molecule has 6 nitrogen and oxygen atoms in total. The van der Waals surface area contributed by atoms with Gasteiger partial charge >= 0.3 is 12.2 Å². The smallest absolute Gasteiger partial charge is 0.382 e. The van der Waals surface area contributed by atoms with Crippen molar-refractivity contribution in [1.82, 2.24) is 10.2 Å². The van der Waals surface area contributed by atoms with Crippen LogP contribution in [0.5, 0.6) is 0 Å². The summed E-state index contributed by atoms with van der Waals surface area (Å²) in [5.74, 6) is -2.16. The lowest BCUT2D eigenvalue weighted by Crippen LogP contribution is -2.32. The summed E-state index contributed by atoms with van der Waals surface area (Å²) < 4.78 is 68.4. The number of rotatable bonds is 3. The number of carbonyl (C=O) groups excluding carboxylic acids is 1.